The van der Waals surface area contributed by atoms with Crippen LogP contribution in [0.25, 0.3) is 0 Å². The van der Waals surface area contributed by atoms with Gasteiger partial charge < -0.3 is 16.2 Å². The van der Waals surface area contributed by atoms with E-state index in [0.29, 0.717) is 6.54 Å². The van der Waals surface area contributed by atoms with Crippen LogP contribution in [0.4, 0.5) is 17.1 Å². The Hall–Kier alpha value is -2.60. The number of benzene rings is 2. The molecule has 0 aliphatic rings. The summed E-state index contributed by atoms with van der Waals surface area (Å²) in [6.45, 7) is 0.717. The van der Waals surface area contributed by atoms with Crippen molar-refractivity contribution in [2.45, 2.75) is 0 Å². The van der Waals surface area contributed by atoms with Gasteiger partial charge in [-0.1, -0.05) is 18.2 Å². The third kappa shape index (κ3) is 5.83. The summed E-state index contributed by atoms with van der Waals surface area (Å²) in [6.07, 6.45) is 0. The number of hydrogen-bond acceptors (Lipinski definition) is 5. The van der Waals surface area contributed by atoms with Crippen molar-refractivity contribution in [3.05, 3.63) is 64.7 Å². The van der Waals surface area contributed by atoms with Gasteiger partial charge in [-0.3, -0.25) is 10.1 Å². The molecule has 0 radical (unpaired) electrons. The van der Waals surface area contributed by atoms with Crippen LogP contribution < -0.4 is 11.1 Å². The first-order valence-corrected chi connectivity index (χ1v) is 6.03. The molecular formula is C14H17N3O3. The van der Waals surface area contributed by atoms with Crippen molar-refractivity contribution in [2.24, 2.45) is 0 Å². The van der Waals surface area contributed by atoms with Crippen LogP contribution in [0.2, 0.25) is 0 Å². The van der Waals surface area contributed by atoms with Gasteiger partial charge in [0.25, 0.3) is 5.69 Å². The van der Waals surface area contributed by atoms with Crippen molar-refractivity contribution in [1.82, 2.24) is 0 Å². The largest absolute Gasteiger partial charge is 0.399 e. The molecule has 6 nitrogen and oxygen atoms in total. The lowest BCUT2D eigenvalue weighted by Crippen LogP contribution is -2.04. The zero-order valence-corrected chi connectivity index (χ0v) is 10.9. The molecule has 0 amide bonds. The molecule has 0 saturated heterocycles. The predicted octanol–water partition coefficient (Wildman–Crippen LogP) is 2.27. The lowest BCUT2D eigenvalue weighted by molar-refractivity contribution is -0.384. The van der Waals surface area contributed by atoms with E-state index < -0.39 is 4.92 Å². The van der Waals surface area contributed by atoms with Crippen LogP contribution in [0, 0.1) is 10.1 Å². The van der Waals surface area contributed by atoms with Crippen molar-refractivity contribution in [3.8, 4) is 0 Å². The fourth-order valence-corrected chi connectivity index (χ4v) is 1.35. The molecule has 0 atom stereocenters. The molecule has 0 fully saturated rings. The van der Waals surface area contributed by atoms with Gasteiger partial charge in [0.2, 0.25) is 0 Å². The molecule has 106 valence electrons. The molecule has 0 saturated carbocycles. The molecule has 0 spiro atoms. The number of rotatable bonds is 4. The molecule has 0 aliphatic heterocycles. The van der Waals surface area contributed by atoms with E-state index in [4.69, 9.17) is 10.8 Å². The second-order valence-corrected chi connectivity index (χ2v) is 3.87. The Kier molecular flexibility index (Phi) is 6.56. The van der Waals surface area contributed by atoms with Crippen LogP contribution in [0.15, 0.2) is 54.6 Å². The predicted molar refractivity (Wildman–Crippen MR) is 79.5 cm³/mol. The van der Waals surface area contributed by atoms with Gasteiger partial charge in [0.15, 0.2) is 0 Å². The number of anilines is 2. The zero-order chi connectivity index (χ0) is 14.8. The number of nitrogens with one attached hydrogen (secondary N) is 1. The van der Waals surface area contributed by atoms with Gasteiger partial charge in [-0.15, -0.1) is 0 Å². The minimum Gasteiger partial charge on any atom is -0.399 e. The minimum atomic E-state index is -0.417. The second kappa shape index (κ2) is 8.49. The Bertz CT molecular complexity index is 515. The first-order valence-electron chi connectivity index (χ1n) is 6.03. The Morgan fingerprint density at radius 1 is 1.10 bits per heavy atom. The zero-order valence-electron chi connectivity index (χ0n) is 10.9. The van der Waals surface area contributed by atoms with Crippen LogP contribution in [-0.2, 0) is 0 Å². The highest BCUT2D eigenvalue weighted by Crippen LogP contribution is 2.09. The summed E-state index contributed by atoms with van der Waals surface area (Å²) in [6, 6.07) is 15.3. The topological polar surface area (TPSA) is 101 Å². The summed E-state index contributed by atoms with van der Waals surface area (Å²) in [5.74, 6) is 0. The molecule has 6 heteroatoms. The van der Waals surface area contributed by atoms with Crippen molar-refractivity contribution in [3.63, 3.8) is 0 Å². The van der Waals surface area contributed by atoms with Gasteiger partial charge >= 0.3 is 0 Å². The number of para-hydroxylation sites is 1. The maximum absolute atomic E-state index is 10.0. The van der Waals surface area contributed by atoms with Crippen molar-refractivity contribution in [1.29, 1.82) is 0 Å². The molecule has 20 heavy (non-hydrogen) atoms. The first kappa shape index (κ1) is 15.5. The second-order valence-electron chi connectivity index (χ2n) is 3.87. The van der Waals surface area contributed by atoms with Gasteiger partial charge in [0.1, 0.15) is 0 Å². The van der Waals surface area contributed by atoms with E-state index in [9.17, 15) is 10.1 Å². The standard InChI is InChI=1S/C8H12N2O.C6H5NO2/c9-7-1-3-8(4-2-7)10-5-6-11;8-7(9)6-4-2-1-3-5-6/h1-4,10-11H,5-6,9H2;1-5H. The molecule has 2 rings (SSSR count). The number of nitrogens with zero attached hydrogens (tertiary/aromatic N) is 1. The molecule has 0 heterocycles. The van der Waals surface area contributed by atoms with E-state index in [1.54, 1.807) is 18.2 Å². The van der Waals surface area contributed by atoms with E-state index in [1.165, 1.54) is 12.1 Å². The molecular weight excluding hydrogens is 258 g/mol. The van der Waals surface area contributed by atoms with E-state index in [0.717, 1.165) is 11.4 Å². The lowest BCUT2D eigenvalue weighted by Gasteiger charge is -2.03. The SMILES string of the molecule is Nc1ccc(NCCO)cc1.O=[N+]([O-])c1ccccc1. The van der Waals surface area contributed by atoms with Crippen LogP contribution in [0.5, 0.6) is 0 Å². The average molecular weight is 275 g/mol. The van der Waals surface area contributed by atoms with Gasteiger partial charge in [-0.2, -0.15) is 0 Å². The Balaban J connectivity index is 0.000000204. The van der Waals surface area contributed by atoms with E-state index in [2.05, 4.69) is 5.32 Å². The number of nitro groups is 1. The molecule has 0 bridgehead atoms. The van der Waals surface area contributed by atoms with E-state index in [-0.39, 0.29) is 12.3 Å². The Labute approximate surface area is 117 Å². The maximum Gasteiger partial charge on any atom is 0.269 e. The lowest BCUT2D eigenvalue weighted by atomic mass is 10.3. The number of nitro benzene ring substituents is 1. The molecule has 0 aliphatic carbocycles. The van der Waals surface area contributed by atoms with E-state index >= 15 is 0 Å². The maximum atomic E-state index is 10.0. The van der Waals surface area contributed by atoms with Gasteiger partial charge in [-0.05, 0) is 24.3 Å². The van der Waals surface area contributed by atoms with Crippen molar-refractivity contribution in [2.75, 3.05) is 24.2 Å². The highest BCUT2D eigenvalue weighted by Gasteiger charge is 1.98. The molecule has 2 aromatic carbocycles. The van der Waals surface area contributed by atoms with Crippen LogP contribution >= 0.6 is 0 Å². The fourth-order valence-electron chi connectivity index (χ4n) is 1.35. The normalized spacial score (nSPS) is 9.25. The van der Waals surface area contributed by atoms with Crippen LogP contribution in [0.3, 0.4) is 0 Å². The highest BCUT2D eigenvalue weighted by atomic mass is 16.6. The van der Waals surface area contributed by atoms with Crippen molar-refractivity contribution < 1.29 is 10.0 Å². The summed E-state index contributed by atoms with van der Waals surface area (Å²) >= 11 is 0. The van der Waals surface area contributed by atoms with Crippen LogP contribution in [0.1, 0.15) is 0 Å². The quantitative estimate of drug-likeness (QED) is 0.451. The molecule has 0 aromatic heterocycles. The summed E-state index contributed by atoms with van der Waals surface area (Å²) in [4.78, 5) is 9.59. The summed E-state index contributed by atoms with van der Waals surface area (Å²) in [5.41, 5.74) is 7.34. The number of nitrogen functional groups attached to an aromatic ring is 1. The van der Waals surface area contributed by atoms with Gasteiger partial charge in [0.05, 0.1) is 11.5 Å². The van der Waals surface area contributed by atoms with Crippen molar-refractivity contribution >= 4 is 17.1 Å². The monoisotopic (exact) mass is 275 g/mol. The number of nitrogens with two attached hydrogens (primary N) is 1. The number of hydrogen-bond donors (Lipinski definition) is 3. The van der Waals surface area contributed by atoms with E-state index in [1.807, 2.05) is 24.3 Å². The molecule has 0 unspecified atom stereocenters. The first-order chi connectivity index (χ1) is 9.63. The Morgan fingerprint density at radius 2 is 1.70 bits per heavy atom. The number of aliphatic hydroxyl groups is 1. The van der Waals surface area contributed by atoms with Gasteiger partial charge in [-0.25, -0.2) is 0 Å². The third-order valence-electron chi connectivity index (χ3n) is 2.32. The Morgan fingerprint density at radius 3 is 2.15 bits per heavy atom. The molecule has 2 aromatic rings. The van der Waals surface area contributed by atoms with Gasteiger partial charge in [0, 0.05) is 30.1 Å². The minimum absolute atomic E-state index is 0.137. The summed E-state index contributed by atoms with van der Waals surface area (Å²) in [7, 11) is 0. The average Bonchev–Trinajstić information content (AvgIpc) is 2.48. The molecule has 4 N–H and O–H groups in total. The highest BCUT2D eigenvalue weighted by molar-refractivity contribution is 5.51. The fraction of sp³-hybridized carbons (Fsp3) is 0.143. The number of non-ortho nitro benzene ring substituents is 1. The number of aliphatic hydroxyl groups excluding tert-OH is 1. The third-order valence-corrected chi connectivity index (χ3v) is 2.32. The smallest absolute Gasteiger partial charge is 0.269 e. The van der Waals surface area contributed by atoms with Crippen LogP contribution in [-0.4, -0.2) is 23.2 Å². The summed E-state index contributed by atoms with van der Waals surface area (Å²) in [5, 5.41) is 21.5. The summed E-state index contributed by atoms with van der Waals surface area (Å²) < 4.78 is 0.